The number of carbonyl (C=O) groups is 1. The van der Waals surface area contributed by atoms with Crippen molar-refractivity contribution in [3.05, 3.63) is 65.6 Å². The van der Waals surface area contributed by atoms with Gasteiger partial charge in [-0.15, -0.1) is 0 Å². The highest BCUT2D eigenvalue weighted by molar-refractivity contribution is 5.76. The van der Waals surface area contributed by atoms with Crippen molar-refractivity contribution in [2.75, 3.05) is 20.2 Å². The third-order valence-electron chi connectivity index (χ3n) is 5.73. The van der Waals surface area contributed by atoms with E-state index in [-0.39, 0.29) is 18.4 Å². The van der Waals surface area contributed by atoms with Gasteiger partial charge < -0.3 is 14.6 Å². The number of hydrogen-bond acceptors (Lipinski definition) is 6. The molecule has 0 spiro atoms. The minimum Gasteiger partial charge on any atom is -0.497 e. The summed E-state index contributed by atoms with van der Waals surface area (Å²) in [4.78, 5) is 18.9. The van der Waals surface area contributed by atoms with Crippen LogP contribution >= 0.6 is 0 Å². The summed E-state index contributed by atoms with van der Waals surface area (Å²) < 4.78 is 36.9. The van der Waals surface area contributed by atoms with Crippen molar-refractivity contribution in [3.8, 4) is 17.1 Å². The molecule has 1 aromatic heterocycles. The van der Waals surface area contributed by atoms with Crippen molar-refractivity contribution in [2.24, 2.45) is 0 Å². The second kappa shape index (κ2) is 10.5. The molecule has 0 saturated carbocycles. The molecular weight excluding hydrogens is 430 g/mol. The number of benzene rings is 2. The zero-order chi connectivity index (χ0) is 23.2. The Bertz CT molecular complexity index is 1080. The van der Waals surface area contributed by atoms with Crippen LogP contribution in [0, 0.1) is 11.6 Å². The first-order chi connectivity index (χ1) is 16.0. The summed E-state index contributed by atoms with van der Waals surface area (Å²) in [6.45, 7) is 2.11. The lowest BCUT2D eigenvalue weighted by molar-refractivity contribution is -0.122. The minimum absolute atomic E-state index is 0.0572. The number of amides is 1. The quantitative estimate of drug-likeness (QED) is 0.556. The van der Waals surface area contributed by atoms with E-state index in [9.17, 15) is 13.6 Å². The van der Waals surface area contributed by atoms with Gasteiger partial charge in [0.05, 0.1) is 7.11 Å². The van der Waals surface area contributed by atoms with Crippen LogP contribution in [0.15, 0.2) is 47.0 Å². The molecular formula is C24H26F2N4O3. The smallest absolute Gasteiger partial charge is 0.227 e. The van der Waals surface area contributed by atoms with Crippen molar-refractivity contribution in [1.29, 1.82) is 0 Å². The molecule has 2 aromatic carbocycles. The van der Waals surface area contributed by atoms with E-state index in [2.05, 4.69) is 20.4 Å². The largest absolute Gasteiger partial charge is 0.497 e. The molecule has 3 aromatic rings. The van der Waals surface area contributed by atoms with Crippen LogP contribution < -0.4 is 10.1 Å². The summed E-state index contributed by atoms with van der Waals surface area (Å²) in [5.41, 5.74) is 1.55. The van der Waals surface area contributed by atoms with E-state index in [1.165, 1.54) is 6.07 Å². The van der Waals surface area contributed by atoms with Crippen LogP contribution in [0.4, 0.5) is 8.78 Å². The van der Waals surface area contributed by atoms with Gasteiger partial charge >= 0.3 is 0 Å². The van der Waals surface area contributed by atoms with E-state index < -0.39 is 11.6 Å². The molecule has 0 aliphatic carbocycles. The number of nitrogens with zero attached hydrogens (tertiary/aromatic N) is 3. The Morgan fingerprint density at radius 2 is 1.91 bits per heavy atom. The number of halogens is 2. The lowest BCUT2D eigenvalue weighted by atomic mass is 10.0. The van der Waals surface area contributed by atoms with Crippen LogP contribution in [0.25, 0.3) is 11.4 Å². The number of likely N-dealkylation sites (tertiary alicyclic amines) is 1. The standard InChI is InChI=1S/C24H26F2N4O3/c1-32-19-5-3-17(4-6-19)24-28-23(33-29-24)9-8-22(31)27-18-10-12-30(13-11-18)15-16-2-7-20(25)21(26)14-16/h2-7,14,18H,8-13,15H2,1H3,(H,27,31). The topological polar surface area (TPSA) is 80.5 Å². The molecule has 0 radical (unpaired) electrons. The molecule has 0 atom stereocenters. The maximum absolute atomic E-state index is 13.4. The summed E-state index contributed by atoms with van der Waals surface area (Å²) in [5, 5.41) is 7.04. The highest BCUT2D eigenvalue weighted by Gasteiger charge is 2.21. The molecule has 1 N–H and O–H groups in total. The van der Waals surface area contributed by atoms with E-state index in [1.807, 2.05) is 24.3 Å². The summed E-state index contributed by atoms with van der Waals surface area (Å²) in [6.07, 6.45) is 2.23. The third-order valence-corrected chi connectivity index (χ3v) is 5.73. The van der Waals surface area contributed by atoms with Gasteiger partial charge in [-0.2, -0.15) is 4.98 Å². The Balaban J connectivity index is 1.19. The molecule has 174 valence electrons. The first-order valence-electron chi connectivity index (χ1n) is 10.9. The first kappa shape index (κ1) is 22.8. The fraction of sp³-hybridized carbons (Fsp3) is 0.375. The second-order valence-electron chi connectivity index (χ2n) is 8.11. The number of piperidine rings is 1. The van der Waals surface area contributed by atoms with Crippen molar-refractivity contribution >= 4 is 5.91 Å². The summed E-state index contributed by atoms with van der Waals surface area (Å²) in [5.74, 6) is -0.0870. The predicted octanol–water partition coefficient (Wildman–Crippen LogP) is 3.74. The van der Waals surface area contributed by atoms with E-state index in [4.69, 9.17) is 9.26 Å². The molecule has 1 saturated heterocycles. The molecule has 4 rings (SSSR count). The average molecular weight is 456 g/mol. The van der Waals surface area contributed by atoms with Gasteiger partial charge in [0.15, 0.2) is 11.6 Å². The Labute approximate surface area is 190 Å². The Kier molecular flexibility index (Phi) is 7.29. The number of carbonyl (C=O) groups excluding carboxylic acids is 1. The number of nitrogens with one attached hydrogen (secondary N) is 1. The van der Waals surface area contributed by atoms with E-state index in [0.717, 1.165) is 48.9 Å². The molecule has 2 heterocycles. The Morgan fingerprint density at radius 1 is 1.15 bits per heavy atom. The number of hydrogen-bond donors (Lipinski definition) is 1. The summed E-state index contributed by atoms with van der Waals surface area (Å²) in [7, 11) is 1.60. The number of rotatable bonds is 8. The predicted molar refractivity (Wildman–Crippen MR) is 117 cm³/mol. The van der Waals surface area contributed by atoms with Crippen LogP contribution in [-0.4, -0.2) is 47.2 Å². The number of aryl methyl sites for hydroxylation is 1. The fourth-order valence-corrected chi connectivity index (χ4v) is 3.87. The SMILES string of the molecule is COc1ccc(-c2noc(CCC(=O)NC3CCN(Cc4ccc(F)c(F)c4)CC3)n2)cc1. The maximum atomic E-state index is 13.4. The first-order valence-corrected chi connectivity index (χ1v) is 10.9. The van der Waals surface area contributed by atoms with Crippen LogP contribution in [0.3, 0.4) is 0 Å². The zero-order valence-electron chi connectivity index (χ0n) is 18.4. The molecule has 1 aliphatic rings. The van der Waals surface area contributed by atoms with Crippen molar-refractivity contribution in [2.45, 2.75) is 38.3 Å². The van der Waals surface area contributed by atoms with Gasteiger partial charge in [-0.05, 0) is 54.8 Å². The Morgan fingerprint density at radius 3 is 2.61 bits per heavy atom. The fourth-order valence-electron chi connectivity index (χ4n) is 3.87. The molecule has 1 amide bonds. The van der Waals surface area contributed by atoms with Crippen molar-refractivity contribution < 1.29 is 22.8 Å². The lowest BCUT2D eigenvalue weighted by Crippen LogP contribution is -2.44. The minimum atomic E-state index is -0.836. The molecule has 1 aliphatic heterocycles. The molecule has 0 bridgehead atoms. The highest BCUT2D eigenvalue weighted by atomic mass is 19.2. The van der Waals surface area contributed by atoms with Crippen LogP contribution in [0.5, 0.6) is 5.75 Å². The number of aromatic nitrogens is 2. The molecule has 0 unspecified atom stereocenters. The summed E-state index contributed by atoms with van der Waals surface area (Å²) >= 11 is 0. The van der Waals surface area contributed by atoms with Crippen LogP contribution in [0.2, 0.25) is 0 Å². The van der Waals surface area contributed by atoms with Gasteiger partial charge in [0.25, 0.3) is 0 Å². The molecule has 9 heteroatoms. The monoisotopic (exact) mass is 456 g/mol. The molecule has 7 nitrogen and oxygen atoms in total. The Hall–Kier alpha value is -3.33. The van der Waals surface area contributed by atoms with Crippen LogP contribution in [-0.2, 0) is 17.8 Å². The third kappa shape index (κ3) is 6.13. The van der Waals surface area contributed by atoms with Gasteiger partial charge in [-0.3, -0.25) is 9.69 Å². The van der Waals surface area contributed by atoms with Gasteiger partial charge in [0.1, 0.15) is 5.75 Å². The highest BCUT2D eigenvalue weighted by Crippen LogP contribution is 2.20. The normalized spacial score (nSPS) is 14.9. The van der Waals surface area contributed by atoms with Crippen molar-refractivity contribution in [1.82, 2.24) is 20.4 Å². The second-order valence-corrected chi connectivity index (χ2v) is 8.11. The number of ether oxygens (including phenoxy) is 1. The van der Waals surface area contributed by atoms with Gasteiger partial charge in [0.2, 0.25) is 17.6 Å². The van der Waals surface area contributed by atoms with Gasteiger partial charge in [0, 0.05) is 44.1 Å². The lowest BCUT2D eigenvalue weighted by Gasteiger charge is -2.32. The van der Waals surface area contributed by atoms with Gasteiger partial charge in [-0.25, -0.2) is 8.78 Å². The maximum Gasteiger partial charge on any atom is 0.227 e. The number of methoxy groups -OCH3 is 1. The zero-order valence-corrected chi connectivity index (χ0v) is 18.4. The van der Waals surface area contributed by atoms with E-state index in [1.54, 1.807) is 13.2 Å². The van der Waals surface area contributed by atoms with E-state index >= 15 is 0 Å². The van der Waals surface area contributed by atoms with Gasteiger partial charge in [-0.1, -0.05) is 11.2 Å². The summed E-state index contributed by atoms with van der Waals surface area (Å²) in [6, 6.07) is 11.4. The van der Waals surface area contributed by atoms with Crippen LogP contribution in [0.1, 0.15) is 30.7 Å². The molecule has 33 heavy (non-hydrogen) atoms. The molecule has 1 fully saturated rings. The average Bonchev–Trinajstić information content (AvgIpc) is 3.31. The van der Waals surface area contributed by atoms with Crippen molar-refractivity contribution in [3.63, 3.8) is 0 Å². The van der Waals surface area contributed by atoms with E-state index in [0.29, 0.717) is 24.7 Å².